The number of nitrogens with zero attached hydrogens (tertiary/aromatic N) is 2. The summed E-state index contributed by atoms with van der Waals surface area (Å²) in [5.41, 5.74) is 0.989. The van der Waals surface area contributed by atoms with E-state index >= 15 is 4.39 Å². The lowest BCUT2D eigenvalue weighted by Gasteiger charge is -2.35. The summed E-state index contributed by atoms with van der Waals surface area (Å²) >= 11 is 6.41. The molecule has 0 saturated carbocycles. The second-order valence-corrected chi connectivity index (χ2v) is 14.0. The Morgan fingerprint density at radius 1 is 0.867 bits per heavy atom. The molecule has 0 heterocycles. The van der Waals surface area contributed by atoms with Crippen LogP contribution in [0.15, 0.2) is 108 Å². The Bertz CT molecular complexity index is 1750. The molecule has 0 aromatic heterocycles. The first-order valence-corrected chi connectivity index (χ1v) is 16.3. The first-order valence-electron chi connectivity index (χ1n) is 14.5. The van der Waals surface area contributed by atoms with E-state index in [1.807, 2.05) is 51.1 Å². The second-order valence-electron chi connectivity index (χ2n) is 11.8. The number of benzene rings is 4. The van der Waals surface area contributed by atoms with E-state index in [1.54, 1.807) is 49.4 Å². The van der Waals surface area contributed by atoms with Gasteiger partial charge in [0.1, 0.15) is 18.4 Å². The van der Waals surface area contributed by atoms with Gasteiger partial charge in [-0.2, -0.15) is 0 Å². The van der Waals surface area contributed by atoms with E-state index in [1.165, 1.54) is 35.2 Å². The van der Waals surface area contributed by atoms with Gasteiger partial charge in [0.2, 0.25) is 11.8 Å². The summed E-state index contributed by atoms with van der Waals surface area (Å²) < 4.78 is 44.3. The zero-order valence-electron chi connectivity index (χ0n) is 25.7. The largest absolute Gasteiger partial charge is 0.350 e. The lowest BCUT2D eigenvalue weighted by Crippen LogP contribution is -2.56. The van der Waals surface area contributed by atoms with Crippen molar-refractivity contribution in [1.82, 2.24) is 10.2 Å². The van der Waals surface area contributed by atoms with Gasteiger partial charge in [-0.15, -0.1) is 0 Å². The van der Waals surface area contributed by atoms with Crippen molar-refractivity contribution in [2.75, 3.05) is 10.8 Å². The Morgan fingerprint density at radius 3 is 2.09 bits per heavy atom. The van der Waals surface area contributed by atoms with E-state index in [9.17, 15) is 18.0 Å². The maximum absolute atomic E-state index is 15.1. The van der Waals surface area contributed by atoms with Crippen LogP contribution < -0.4 is 9.62 Å². The first-order chi connectivity index (χ1) is 21.3. The smallest absolute Gasteiger partial charge is 0.264 e. The number of carbonyl (C=O) groups is 2. The molecule has 0 aliphatic rings. The Hall–Kier alpha value is -4.21. The molecule has 45 heavy (non-hydrogen) atoms. The van der Waals surface area contributed by atoms with Gasteiger partial charge in [-0.3, -0.25) is 13.9 Å². The van der Waals surface area contributed by atoms with Gasteiger partial charge in [-0.1, -0.05) is 84.4 Å². The van der Waals surface area contributed by atoms with Crippen molar-refractivity contribution in [3.05, 3.63) is 131 Å². The van der Waals surface area contributed by atoms with Crippen LogP contribution in [0.2, 0.25) is 5.02 Å². The number of carbonyl (C=O) groups excluding carboxylic acids is 2. The zero-order valence-corrected chi connectivity index (χ0v) is 27.3. The molecule has 0 unspecified atom stereocenters. The number of hydrogen-bond donors (Lipinski definition) is 1. The lowest BCUT2D eigenvalue weighted by molar-refractivity contribution is -0.140. The molecular weight excluding hydrogens is 613 g/mol. The van der Waals surface area contributed by atoms with Gasteiger partial charge in [0.15, 0.2) is 0 Å². The van der Waals surface area contributed by atoms with Crippen molar-refractivity contribution in [1.29, 1.82) is 0 Å². The molecule has 0 fully saturated rings. The third kappa shape index (κ3) is 8.49. The standard InChI is InChI=1S/C35H37ClFN3O4S/c1-25-29(36)19-13-21-31(25)40(45(43,44)28-17-9-6-10-18-28)24-33(41)39(23-27-16-11-12-20-30(27)37)32(34(42)38-35(2,3)4)22-26-14-7-5-8-15-26/h5-21,32H,22-24H2,1-4H3,(H,38,42)/t32-/m0/s1. The summed E-state index contributed by atoms with van der Waals surface area (Å²) in [4.78, 5) is 29.7. The van der Waals surface area contributed by atoms with E-state index in [4.69, 9.17) is 11.6 Å². The highest BCUT2D eigenvalue weighted by molar-refractivity contribution is 7.92. The number of nitrogens with one attached hydrogen (secondary N) is 1. The average Bonchev–Trinajstić information content (AvgIpc) is 3.00. The fraction of sp³-hybridized carbons (Fsp3) is 0.257. The zero-order chi connectivity index (χ0) is 32.8. The third-order valence-electron chi connectivity index (χ3n) is 7.19. The third-order valence-corrected chi connectivity index (χ3v) is 9.37. The highest BCUT2D eigenvalue weighted by atomic mass is 35.5. The van der Waals surface area contributed by atoms with Crippen LogP contribution in [0.1, 0.15) is 37.5 Å². The van der Waals surface area contributed by atoms with E-state index in [0.717, 1.165) is 9.87 Å². The lowest BCUT2D eigenvalue weighted by atomic mass is 10.0. The van der Waals surface area contributed by atoms with Crippen LogP contribution in [0, 0.1) is 12.7 Å². The Kier molecular flexibility index (Phi) is 10.7. The van der Waals surface area contributed by atoms with Gasteiger partial charge < -0.3 is 10.2 Å². The monoisotopic (exact) mass is 649 g/mol. The minimum Gasteiger partial charge on any atom is -0.350 e. The predicted molar refractivity (Wildman–Crippen MR) is 176 cm³/mol. The molecule has 4 rings (SSSR count). The van der Waals surface area contributed by atoms with E-state index in [0.29, 0.717) is 10.6 Å². The summed E-state index contributed by atoms with van der Waals surface area (Å²) in [5.74, 6) is -1.70. The van der Waals surface area contributed by atoms with Crippen molar-refractivity contribution in [2.45, 2.75) is 57.1 Å². The van der Waals surface area contributed by atoms with E-state index < -0.39 is 45.8 Å². The van der Waals surface area contributed by atoms with E-state index in [-0.39, 0.29) is 29.1 Å². The molecule has 0 aliphatic heterocycles. The average molecular weight is 650 g/mol. The Balaban J connectivity index is 1.85. The summed E-state index contributed by atoms with van der Waals surface area (Å²) in [6.07, 6.45) is 0.116. The van der Waals surface area contributed by atoms with Crippen LogP contribution in [-0.4, -0.2) is 43.3 Å². The van der Waals surface area contributed by atoms with Crippen LogP contribution in [0.3, 0.4) is 0 Å². The van der Waals surface area contributed by atoms with E-state index in [2.05, 4.69) is 5.32 Å². The molecule has 0 aliphatic carbocycles. The highest BCUT2D eigenvalue weighted by Gasteiger charge is 2.36. The quantitative estimate of drug-likeness (QED) is 0.200. The summed E-state index contributed by atoms with van der Waals surface area (Å²) in [7, 11) is -4.28. The maximum Gasteiger partial charge on any atom is 0.264 e. The number of hydrogen-bond acceptors (Lipinski definition) is 4. The van der Waals surface area contributed by atoms with Gasteiger partial charge in [0.05, 0.1) is 10.6 Å². The summed E-state index contributed by atoms with van der Waals surface area (Å²) in [6, 6.07) is 26.6. The van der Waals surface area contributed by atoms with Crippen LogP contribution in [0.5, 0.6) is 0 Å². The summed E-state index contributed by atoms with van der Waals surface area (Å²) in [6.45, 7) is 6.20. The predicted octanol–water partition coefficient (Wildman–Crippen LogP) is 6.54. The Labute approximate surface area is 269 Å². The van der Waals surface area contributed by atoms with Crippen LogP contribution in [0.4, 0.5) is 10.1 Å². The first kappa shape index (κ1) is 33.7. The molecule has 0 radical (unpaired) electrons. The van der Waals surface area contributed by atoms with Gasteiger partial charge >= 0.3 is 0 Å². The maximum atomic E-state index is 15.1. The summed E-state index contributed by atoms with van der Waals surface area (Å²) in [5, 5.41) is 3.28. The molecule has 7 nitrogen and oxygen atoms in total. The molecule has 0 bridgehead atoms. The number of rotatable bonds is 11. The van der Waals surface area contributed by atoms with Gasteiger partial charge in [0.25, 0.3) is 10.0 Å². The Morgan fingerprint density at radius 2 is 1.47 bits per heavy atom. The van der Waals surface area contributed by atoms with Crippen molar-refractivity contribution in [3.8, 4) is 0 Å². The van der Waals surface area contributed by atoms with Crippen LogP contribution in [0.25, 0.3) is 0 Å². The van der Waals surface area contributed by atoms with Gasteiger partial charge in [-0.05, 0) is 69.2 Å². The minimum absolute atomic E-state index is 0.0239. The van der Waals surface area contributed by atoms with Crippen molar-refractivity contribution >= 4 is 39.1 Å². The van der Waals surface area contributed by atoms with Gasteiger partial charge in [-0.25, -0.2) is 12.8 Å². The number of amides is 2. The second kappa shape index (κ2) is 14.3. The normalized spacial score (nSPS) is 12.3. The molecule has 2 amide bonds. The molecule has 10 heteroatoms. The fourth-order valence-electron chi connectivity index (χ4n) is 4.92. The fourth-order valence-corrected chi connectivity index (χ4v) is 6.58. The number of sulfonamides is 1. The number of halogens is 2. The minimum atomic E-state index is -4.28. The molecule has 4 aromatic rings. The highest BCUT2D eigenvalue weighted by Crippen LogP contribution is 2.31. The van der Waals surface area contributed by atoms with Crippen LogP contribution >= 0.6 is 11.6 Å². The van der Waals surface area contributed by atoms with Crippen molar-refractivity contribution in [2.24, 2.45) is 0 Å². The number of anilines is 1. The topological polar surface area (TPSA) is 86.8 Å². The molecule has 4 aromatic carbocycles. The van der Waals surface area contributed by atoms with Crippen molar-refractivity contribution in [3.63, 3.8) is 0 Å². The molecule has 1 atom stereocenters. The van der Waals surface area contributed by atoms with Crippen molar-refractivity contribution < 1.29 is 22.4 Å². The van der Waals surface area contributed by atoms with Crippen LogP contribution in [-0.2, 0) is 32.6 Å². The van der Waals surface area contributed by atoms with Gasteiger partial charge in [0, 0.05) is 29.1 Å². The molecular formula is C35H37ClFN3O4S. The molecule has 236 valence electrons. The SMILES string of the molecule is Cc1c(Cl)cccc1N(CC(=O)N(Cc1ccccc1F)[C@@H](Cc1ccccc1)C(=O)NC(C)(C)C)S(=O)(=O)c1ccccc1. The molecule has 0 saturated heterocycles. The molecule has 0 spiro atoms. The molecule has 1 N–H and O–H groups in total.